The zero-order chi connectivity index (χ0) is 19.9. The molecule has 3 rings (SSSR count). The van der Waals surface area contributed by atoms with Crippen molar-refractivity contribution in [2.45, 2.75) is 20.8 Å². The van der Waals surface area contributed by atoms with E-state index in [-0.39, 0.29) is 11.6 Å². The van der Waals surface area contributed by atoms with Crippen LogP contribution in [0.3, 0.4) is 0 Å². The predicted molar refractivity (Wildman–Crippen MR) is 108 cm³/mol. The first-order valence-electron chi connectivity index (χ1n) is 8.33. The molecule has 0 aliphatic carbocycles. The number of nitro groups is 1. The van der Waals surface area contributed by atoms with Crippen LogP contribution >= 0.6 is 11.8 Å². The van der Waals surface area contributed by atoms with Gasteiger partial charge in [0.1, 0.15) is 0 Å². The van der Waals surface area contributed by atoms with Crippen LogP contribution < -0.4 is 0 Å². The number of rotatable bonds is 3. The number of benzene rings is 1. The lowest BCUT2D eigenvalue weighted by Crippen LogP contribution is -2.23. The fourth-order valence-electron chi connectivity index (χ4n) is 3.20. The van der Waals surface area contributed by atoms with E-state index < -0.39 is 4.92 Å². The number of aromatic nitrogens is 1. The van der Waals surface area contributed by atoms with Crippen molar-refractivity contribution in [1.29, 1.82) is 0 Å². The minimum Gasteiger partial charge on any atom is -0.318 e. The summed E-state index contributed by atoms with van der Waals surface area (Å²) in [6.07, 6.45) is 1.88. The average Bonchev–Trinajstić information content (AvgIpc) is 3.05. The standard InChI is InChI=1S/C19H20N4O3S/c1-11-8-15(23(25)26)6-7-16(11)22-12(2)9-14(13(22)3)10-17-18(24)21(5)19(20-4)27-17/h6-10H,1-5H3/b17-10-,20-19?. The van der Waals surface area contributed by atoms with E-state index in [1.807, 2.05) is 37.5 Å². The van der Waals surface area contributed by atoms with Gasteiger partial charge in [-0.1, -0.05) is 0 Å². The summed E-state index contributed by atoms with van der Waals surface area (Å²) in [5.74, 6) is -0.0723. The van der Waals surface area contributed by atoms with Crippen molar-refractivity contribution in [3.8, 4) is 5.69 Å². The molecule has 1 amide bonds. The molecule has 1 aliphatic heterocycles. The van der Waals surface area contributed by atoms with E-state index in [4.69, 9.17) is 0 Å². The van der Waals surface area contributed by atoms with Crippen molar-refractivity contribution in [1.82, 2.24) is 9.47 Å². The van der Waals surface area contributed by atoms with E-state index in [1.54, 1.807) is 26.2 Å². The first-order chi connectivity index (χ1) is 12.7. The van der Waals surface area contributed by atoms with E-state index in [1.165, 1.54) is 22.7 Å². The van der Waals surface area contributed by atoms with Gasteiger partial charge in [0, 0.05) is 43.3 Å². The summed E-state index contributed by atoms with van der Waals surface area (Å²) in [5.41, 5.74) is 4.67. The van der Waals surface area contributed by atoms with Crippen molar-refractivity contribution < 1.29 is 9.72 Å². The third-order valence-corrected chi connectivity index (χ3v) is 5.74. The second-order valence-electron chi connectivity index (χ2n) is 6.37. The first kappa shape index (κ1) is 18.9. The number of nitro benzene ring substituents is 1. The Morgan fingerprint density at radius 2 is 1.93 bits per heavy atom. The fraction of sp³-hybridized carbons (Fsp3) is 0.263. The number of likely N-dealkylation sites (N-methyl/N-ethyl adjacent to an activating group) is 1. The lowest BCUT2D eigenvalue weighted by molar-refractivity contribution is -0.384. The highest BCUT2D eigenvalue weighted by molar-refractivity contribution is 8.18. The average molecular weight is 384 g/mol. The molecule has 1 aliphatic rings. The van der Waals surface area contributed by atoms with E-state index in [2.05, 4.69) is 4.99 Å². The maximum Gasteiger partial charge on any atom is 0.269 e. The molecule has 0 saturated carbocycles. The zero-order valence-electron chi connectivity index (χ0n) is 15.8. The number of hydrogen-bond acceptors (Lipinski definition) is 5. The molecule has 27 heavy (non-hydrogen) atoms. The van der Waals surface area contributed by atoms with Gasteiger partial charge in [0.2, 0.25) is 0 Å². The third-order valence-electron chi connectivity index (χ3n) is 4.58. The number of amidine groups is 1. The number of aliphatic imine (C=N–C) groups is 1. The van der Waals surface area contributed by atoms with Crippen LogP contribution in [0.15, 0.2) is 34.2 Å². The summed E-state index contributed by atoms with van der Waals surface area (Å²) < 4.78 is 2.05. The smallest absolute Gasteiger partial charge is 0.269 e. The molecule has 1 aromatic heterocycles. The Bertz CT molecular complexity index is 1020. The normalized spacial score (nSPS) is 17.4. The summed E-state index contributed by atoms with van der Waals surface area (Å²) >= 11 is 1.35. The molecule has 140 valence electrons. The van der Waals surface area contributed by atoms with Gasteiger partial charge in [0.05, 0.1) is 9.83 Å². The number of nitrogens with zero attached hydrogens (tertiary/aromatic N) is 4. The van der Waals surface area contributed by atoms with Gasteiger partial charge in [-0.05, 0) is 61.9 Å². The Labute approximate surface area is 161 Å². The predicted octanol–water partition coefficient (Wildman–Crippen LogP) is 3.84. The SMILES string of the molecule is CN=C1S/C(=C\c2cc(C)n(-c3ccc([N+](=O)[O-])cc3C)c2C)C(=O)N1C. The molecule has 2 heterocycles. The minimum absolute atomic E-state index is 0.0723. The van der Waals surface area contributed by atoms with E-state index >= 15 is 0 Å². The molecule has 0 atom stereocenters. The summed E-state index contributed by atoms with van der Waals surface area (Å²) in [6.45, 7) is 5.81. The van der Waals surface area contributed by atoms with Gasteiger partial charge in [-0.25, -0.2) is 0 Å². The molecule has 1 aromatic carbocycles. The molecular formula is C19H20N4O3S. The molecule has 2 aromatic rings. The highest BCUT2D eigenvalue weighted by Crippen LogP contribution is 2.33. The number of hydrogen-bond donors (Lipinski definition) is 0. The molecule has 1 saturated heterocycles. The quantitative estimate of drug-likeness (QED) is 0.457. The van der Waals surface area contributed by atoms with Crippen LogP contribution in [0.5, 0.6) is 0 Å². The zero-order valence-corrected chi connectivity index (χ0v) is 16.6. The Kier molecular flexibility index (Phi) is 4.93. The van der Waals surface area contributed by atoms with Gasteiger partial charge in [-0.3, -0.25) is 24.8 Å². The number of aryl methyl sites for hydroxylation is 2. The van der Waals surface area contributed by atoms with E-state index in [0.29, 0.717) is 10.1 Å². The number of carbonyl (C=O) groups is 1. The Balaban J connectivity index is 2.05. The second-order valence-corrected chi connectivity index (χ2v) is 7.38. The minimum atomic E-state index is -0.395. The lowest BCUT2D eigenvalue weighted by Gasteiger charge is -2.12. The Morgan fingerprint density at radius 3 is 2.48 bits per heavy atom. The Morgan fingerprint density at radius 1 is 1.22 bits per heavy atom. The van der Waals surface area contributed by atoms with Crippen molar-refractivity contribution in [2.24, 2.45) is 4.99 Å². The Hall–Kier alpha value is -2.87. The van der Waals surface area contributed by atoms with Crippen LogP contribution in [-0.4, -0.2) is 39.6 Å². The number of thioether (sulfide) groups is 1. The first-order valence-corrected chi connectivity index (χ1v) is 9.15. The summed E-state index contributed by atoms with van der Waals surface area (Å²) in [7, 11) is 3.38. The molecule has 0 spiro atoms. The van der Waals surface area contributed by atoms with Gasteiger partial charge in [0.15, 0.2) is 5.17 Å². The van der Waals surface area contributed by atoms with Crippen LogP contribution in [0.25, 0.3) is 11.8 Å². The molecule has 0 bridgehead atoms. The molecule has 8 heteroatoms. The highest BCUT2D eigenvalue weighted by Gasteiger charge is 2.30. The van der Waals surface area contributed by atoms with Crippen LogP contribution in [0.2, 0.25) is 0 Å². The summed E-state index contributed by atoms with van der Waals surface area (Å²) in [5, 5.41) is 11.7. The molecule has 0 N–H and O–H groups in total. The van der Waals surface area contributed by atoms with Crippen LogP contribution in [0, 0.1) is 30.9 Å². The van der Waals surface area contributed by atoms with Crippen LogP contribution in [0.4, 0.5) is 5.69 Å². The topological polar surface area (TPSA) is 80.7 Å². The van der Waals surface area contributed by atoms with Crippen molar-refractivity contribution in [2.75, 3.05) is 14.1 Å². The molecule has 7 nitrogen and oxygen atoms in total. The van der Waals surface area contributed by atoms with E-state index in [9.17, 15) is 14.9 Å². The maximum atomic E-state index is 12.4. The van der Waals surface area contributed by atoms with Crippen molar-refractivity contribution in [3.63, 3.8) is 0 Å². The third kappa shape index (κ3) is 3.28. The van der Waals surface area contributed by atoms with Gasteiger partial charge in [0.25, 0.3) is 11.6 Å². The summed E-state index contributed by atoms with van der Waals surface area (Å²) in [6, 6.07) is 6.85. The van der Waals surface area contributed by atoms with Crippen LogP contribution in [0.1, 0.15) is 22.5 Å². The van der Waals surface area contributed by atoms with Gasteiger partial charge in [-0.15, -0.1) is 0 Å². The van der Waals surface area contributed by atoms with Gasteiger partial charge < -0.3 is 4.57 Å². The van der Waals surface area contributed by atoms with Gasteiger partial charge >= 0.3 is 0 Å². The fourth-order valence-corrected chi connectivity index (χ4v) is 4.12. The van der Waals surface area contributed by atoms with E-state index in [0.717, 1.165) is 28.2 Å². The second kappa shape index (κ2) is 7.03. The number of amides is 1. The molecule has 0 unspecified atom stereocenters. The van der Waals surface area contributed by atoms with Crippen molar-refractivity contribution in [3.05, 3.63) is 61.8 Å². The molecule has 0 radical (unpaired) electrons. The number of carbonyl (C=O) groups excluding carboxylic acids is 1. The monoisotopic (exact) mass is 384 g/mol. The van der Waals surface area contributed by atoms with Crippen LogP contribution in [-0.2, 0) is 4.79 Å². The van der Waals surface area contributed by atoms with Gasteiger partial charge in [-0.2, -0.15) is 0 Å². The lowest BCUT2D eigenvalue weighted by atomic mass is 10.1. The highest BCUT2D eigenvalue weighted by atomic mass is 32.2. The summed E-state index contributed by atoms with van der Waals surface area (Å²) in [4.78, 5) is 29.3. The molecule has 1 fully saturated rings. The maximum absolute atomic E-state index is 12.4. The largest absolute Gasteiger partial charge is 0.318 e. The molecular weight excluding hydrogens is 364 g/mol. The number of non-ortho nitro benzene ring substituents is 1. The van der Waals surface area contributed by atoms with Crippen molar-refractivity contribution >= 4 is 34.6 Å².